The Bertz CT molecular complexity index is 613. The van der Waals surface area contributed by atoms with Crippen LogP contribution in [0.2, 0.25) is 0 Å². The number of hydrogen-bond acceptors (Lipinski definition) is 4. The van der Waals surface area contributed by atoms with Crippen molar-refractivity contribution >= 4 is 11.5 Å². The van der Waals surface area contributed by atoms with E-state index in [1.807, 2.05) is 13.8 Å². The third-order valence-corrected chi connectivity index (χ3v) is 4.09. The summed E-state index contributed by atoms with van der Waals surface area (Å²) in [4.78, 5) is 12.9. The van der Waals surface area contributed by atoms with E-state index in [0.717, 1.165) is 12.5 Å². The molecule has 0 saturated carbocycles. The van der Waals surface area contributed by atoms with Crippen LogP contribution in [0.3, 0.4) is 0 Å². The highest BCUT2D eigenvalue weighted by Crippen LogP contribution is 2.30. The van der Waals surface area contributed by atoms with Crippen molar-refractivity contribution in [2.24, 2.45) is 5.92 Å². The molecule has 1 N–H and O–H groups in total. The molecular weight excluding hydrogens is 336 g/mol. The summed E-state index contributed by atoms with van der Waals surface area (Å²) in [5, 5.41) is 3.07. The molecule has 4 nitrogen and oxygen atoms in total. The van der Waals surface area contributed by atoms with Crippen molar-refractivity contribution in [2.75, 3.05) is 5.32 Å². The summed E-state index contributed by atoms with van der Waals surface area (Å²) in [6.45, 7) is 4.99. The highest BCUT2D eigenvalue weighted by atomic mass is 19.4. The first-order valence-electron chi connectivity index (χ1n) is 8.56. The van der Waals surface area contributed by atoms with E-state index in [4.69, 9.17) is 0 Å². The smallest absolute Gasteiger partial charge is 0.352 e. The number of nitrogens with one attached hydrogen (secondary N) is 1. The van der Waals surface area contributed by atoms with Crippen molar-refractivity contribution in [3.05, 3.63) is 17.7 Å². The van der Waals surface area contributed by atoms with Crippen molar-refractivity contribution in [3.63, 3.8) is 0 Å². The highest BCUT2D eigenvalue weighted by Gasteiger charge is 2.35. The maximum Gasteiger partial charge on any atom is 0.391 e. The average molecular weight is 360 g/mol. The topological polar surface area (TPSA) is 50.7 Å². The number of aromatic nitrogens is 3. The van der Waals surface area contributed by atoms with Gasteiger partial charge in [-0.3, -0.25) is 0 Å². The molecule has 0 spiro atoms. The zero-order valence-electron chi connectivity index (χ0n) is 14.7. The normalized spacial score (nSPS) is 19.7. The quantitative estimate of drug-likeness (QED) is 0.745. The molecular formula is C17H24F4N4. The second-order valence-electron chi connectivity index (χ2n) is 6.78. The van der Waals surface area contributed by atoms with Gasteiger partial charge in [-0.05, 0) is 45.1 Å². The van der Waals surface area contributed by atoms with Gasteiger partial charge in [0.05, 0.1) is 5.92 Å². The van der Waals surface area contributed by atoms with E-state index in [1.54, 1.807) is 6.08 Å². The lowest BCUT2D eigenvalue weighted by Gasteiger charge is -2.18. The number of aryl methyl sites for hydroxylation is 1. The van der Waals surface area contributed by atoms with Crippen LogP contribution in [-0.4, -0.2) is 33.3 Å². The van der Waals surface area contributed by atoms with Crippen molar-refractivity contribution in [1.29, 1.82) is 0 Å². The number of allylic oxidation sites excluding steroid dienone is 2. The Morgan fingerprint density at radius 2 is 1.92 bits per heavy atom. The molecule has 2 atom stereocenters. The van der Waals surface area contributed by atoms with Crippen LogP contribution < -0.4 is 5.32 Å². The van der Waals surface area contributed by atoms with Crippen LogP contribution in [0.15, 0.2) is 6.08 Å². The molecule has 0 fully saturated rings. The first-order chi connectivity index (χ1) is 11.6. The SMILES string of the molecule is CC(C)Nc1nc(CC[C@H](C)C(F)(F)F)nc(C2=CCC(F)CC2)n1. The number of halogens is 4. The first kappa shape index (κ1) is 19.6. The molecule has 0 amide bonds. The molecule has 1 aromatic rings. The molecule has 0 aromatic carbocycles. The third kappa shape index (κ3) is 5.93. The molecule has 1 unspecified atom stereocenters. The van der Waals surface area contributed by atoms with Gasteiger partial charge < -0.3 is 5.32 Å². The summed E-state index contributed by atoms with van der Waals surface area (Å²) in [7, 11) is 0. The Morgan fingerprint density at radius 1 is 1.20 bits per heavy atom. The van der Waals surface area contributed by atoms with Crippen LogP contribution in [0.25, 0.3) is 5.57 Å². The van der Waals surface area contributed by atoms with Gasteiger partial charge in [-0.2, -0.15) is 23.1 Å². The van der Waals surface area contributed by atoms with E-state index in [2.05, 4.69) is 20.3 Å². The summed E-state index contributed by atoms with van der Waals surface area (Å²) in [6, 6.07) is 0.0766. The molecule has 0 bridgehead atoms. The van der Waals surface area contributed by atoms with Crippen molar-refractivity contribution in [1.82, 2.24) is 15.0 Å². The van der Waals surface area contributed by atoms with Crippen LogP contribution in [-0.2, 0) is 6.42 Å². The fourth-order valence-electron chi connectivity index (χ4n) is 2.51. The van der Waals surface area contributed by atoms with Gasteiger partial charge in [0, 0.05) is 12.5 Å². The Kier molecular flexibility index (Phi) is 6.35. The van der Waals surface area contributed by atoms with Gasteiger partial charge in [-0.25, -0.2) is 9.37 Å². The van der Waals surface area contributed by atoms with Gasteiger partial charge in [-0.1, -0.05) is 13.0 Å². The van der Waals surface area contributed by atoms with E-state index >= 15 is 0 Å². The molecule has 1 aromatic heterocycles. The van der Waals surface area contributed by atoms with E-state index < -0.39 is 18.3 Å². The van der Waals surface area contributed by atoms with Gasteiger partial charge in [0.25, 0.3) is 0 Å². The standard InChI is InChI=1S/C17H24F4N4/c1-10(2)22-16-24-14(9-4-11(3)17(19,20)21)23-15(25-16)12-5-7-13(18)8-6-12/h5,10-11,13H,4,6-9H2,1-3H3,(H,22,23,24,25)/t11-,13?/m0/s1. The van der Waals surface area contributed by atoms with Crippen LogP contribution in [0, 0.1) is 5.92 Å². The lowest BCUT2D eigenvalue weighted by atomic mass is 9.97. The molecule has 1 aliphatic rings. The molecule has 8 heteroatoms. The highest BCUT2D eigenvalue weighted by molar-refractivity contribution is 5.61. The van der Waals surface area contributed by atoms with E-state index in [-0.39, 0.29) is 18.9 Å². The van der Waals surface area contributed by atoms with Crippen LogP contribution in [0.1, 0.15) is 58.1 Å². The van der Waals surface area contributed by atoms with E-state index in [9.17, 15) is 17.6 Å². The summed E-state index contributed by atoms with van der Waals surface area (Å²) < 4.78 is 51.4. The monoisotopic (exact) mass is 360 g/mol. The third-order valence-electron chi connectivity index (χ3n) is 4.09. The summed E-state index contributed by atoms with van der Waals surface area (Å²) in [5.41, 5.74) is 0.827. The van der Waals surface area contributed by atoms with Crippen LogP contribution in [0.5, 0.6) is 0 Å². The molecule has 0 radical (unpaired) electrons. The number of hydrogen-bond donors (Lipinski definition) is 1. The molecule has 0 saturated heterocycles. The maximum absolute atomic E-state index is 13.3. The van der Waals surface area contributed by atoms with E-state index in [1.165, 1.54) is 0 Å². The summed E-state index contributed by atoms with van der Waals surface area (Å²) >= 11 is 0. The second-order valence-corrected chi connectivity index (χ2v) is 6.78. The van der Waals surface area contributed by atoms with Gasteiger partial charge in [0.15, 0.2) is 5.82 Å². The van der Waals surface area contributed by atoms with Crippen LogP contribution >= 0.6 is 0 Å². The fraction of sp³-hybridized carbons (Fsp3) is 0.706. The first-order valence-corrected chi connectivity index (χ1v) is 8.56. The zero-order valence-corrected chi connectivity index (χ0v) is 14.7. The molecule has 2 rings (SSSR count). The summed E-state index contributed by atoms with van der Waals surface area (Å²) in [6.07, 6.45) is -2.04. The lowest BCUT2D eigenvalue weighted by molar-refractivity contribution is -0.171. The minimum absolute atomic E-state index is 0.0766. The summed E-state index contributed by atoms with van der Waals surface area (Å²) in [5.74, 6) is -0.319. The predicted octanol–water partition coefficient (Wildman–Crippen LogP) is 4.73. The van der Waals surface area contributed by atoms with Crippen molar-refractivity contribution in [2.45, 2.75) is 71.3 Å². The van der Waals surface area contributed by atoms with Crippen molar-refractivity contribution in [3.8, 4) is 0 Å². The number of anilines is 1. The van der Waals surface area contributed by atoms with Gasteiger partial charge >= 0.3 is 6.18 Å². The number of alkyl halides is 4. The molecule has 1 heterocycles. The average Bonchev–Trinajstić information content (AvgIpc) is 2.51. The molecule has 1 aliphatic carbocycles. The molecule has 25 heavy (non-hydrogen) atoms. The van der Waals surface area contributed by atoms with Crippen molar-refractivity contribution < 1.29 is 17.6 Å². The Balaban J connectivity index is 2.21. The van der Waals surface area contributed by atoms with Gasteiger partial charge in [0.1, 0.15) is 12.0 Å². The second kappa shape index (κ2) is 8.10. The van der Waals surface area contributed by atoms with Gasteiger partial charge in [-0.15, -0.1) is 0 Å². The Hall–Kier alpha value is -1.73. The zero-order chi connectivity index (χ0) is 18.6. The van der Waals surface area contributed by atoms with E-state index in [0.29, 0.717) is 36.9 Å². The minimum Gasteiger partial charge on any atom is -0.352 e. The Labute approximate surface area is 145 Å². The molecule has 140 valence electrons. The predicted molar refractivity (Wildman–Crippen MR) is 88.8 cm³/mol. The maximum atomic E-state index is 13.3. The largest absolute Gasteiger partial charge is 0.391 e. The van der Waals surface area contributed by atoms with Gasteiger partial charge in [0.2, 0.25) is 5.95 Å². The lowest BCUT2D eigenvalue weighted by Crippen LogP contribution is -2.21. The number of rotatable bonds is 6. The minimum atomic E-state index is -4.23. The fourth-order valence-corrected chi connectivity index (χ4v) is 2.51. The Morgan fingerprint density at radius 3 is 2.48 bits per heavy atom. The molecule has 0 aliphatic heterocycles. The van der Waals surface area contributed by atoms with Crippen LogP contribution in [0.4, 0.5) is 23.5 Å². The number of nitrogens with zero attached hydrogens (tertiary/aromatic N) is 3.